The van der Waals surface area contributed by atoms with Gasteiger partial charge in [-0.2, -0.15) is 11.3 Å². The summed E-state index contributed by atoms with van der Waals surface area (Å²) in [7, 11) is 4.85. The zero-order valence-electron chi connectivity index (χ0n) is 11.6. The molecule has 0 bridgehead atoms. The highest BCUT2D eigenvalue weighted by Gasteiger charge is 2.18. The summed E-state index contributed by atoms with van der Waals surface area (Å²) in [4.78, 5) is 12.1. The second-order valence-electron chi connectivity index (χ2n) is 4.22. The third-order valence-corrected chi connectivity index (χ3v) is 3.58. The van der Waals surface area contributed by atoms with Crippen molar-refractivity contribution in [2.45, 2.75) is 6.10 Å². The molecule has 0 saturated carbocycles. The third-order valence-electron chi connectivity index (χ3n) is 2.88. The number of thiophene rings is 1. The molecule has 7 heteroatoms. The number of aromatic nitrogens is 2. The molecule has 20 heavy (non-hydrogen) atoms. The van der Waals surface area contributed by atoms with Crippen molar-refractivity contribution in [3.8, 4) is 5.88 Å². The van der Waals surface area contributed by atoms with Crippen LogP contribution in [-0.2, 0) is 11.8 Å². The van der Waals surface area contributed by atoms with Crippen LogP contribution in [-0.4, -0.2) is 36.5 Å². The minimum atomic E-state index is -0.229. The topological polar surface area (TPSA) is 65.4 Å². The lowest BCUT2D eigenvalue weighted by Gasteiger charge is -2.14. The van der Waals surface area contributed by atoms with Gasteiger partial charge in [0.15, 0.2) is 0 Å². The van der Waals surface area contributed by atoms with Gasteiger partial charge in [0.1, 0.15) is 11.7 Å². The Morgan fingerprint density at radius 3 is 2.95 bits per heavy atom. The van der Waals surface area contributed by atoms with Crippen LogP contribution in [0.4, 0.5) is 0 Å². The van der Waals surface area contributed by atoms with E-state index in [1.54, 1.807) is 36.4 Å². The van der Waals surface area contributed by atoms with Crippen molar-refractivity contribution in [2.75, 3.05) is 20.8 Å². The molecule has 1 amide bonds. The molecule has 0 spiro atoms. The summed E-state index contributed by atoms with van der Waals surface area (Å²) in [6.07, 6.45) is 1.47. The minimum Gasteiger partial charge on any atom is -0.479 e. The van der Waals surface area contributed by atoms with Gasteiger partial charge in [0.2, 0.25) is 5.88 Å². The fourth-order valence-electron chi connectivity index (χ4n) is 1.85. The second kappa shape index (κ2) is 6.53. The number of amides is 1. The van der Waals surface area contributed by atoms with Gasteiger partial charge in [-0.1, -0.05) is 0 Å². The number of methoxy groups -OCH3 is 2. The highest BCUT2D eigenvalue weighted by molar-refractivity contribution is 7.07. The van der Waals surface area contributed by atoms with Crippen LogP contribution >= 0.6 is 11.3 Å². The average Bonchev–Trinajstić information content (AvgIpc) is 3.08. The monoisotopic (exact) mass is 295 g/mol. The summed E-state index contributed by atoms with van der Waals surface area (Å²) < 4.78 is 12.0. The van der Waals surface area contributed by atoms with Crippen molar-refractivity contribution in [1.29, 1.82) is 0 Å². The largest absolute Gasteiger partial charge is 0.479 e. The normalized spacial score (nSPS) is 12.2. The number of hydrogen-bond donors (Lipinski definition) is 1. The number of rotatable bonds is 6. The lowest BCUT2D eigenvalue weighted by atomic mass is 10.2. The zero-order valence-corrected chi connectivity index (χ0v) is 12.4. The Kier molecular flexibility index (Phi) is 4.75. The van der Waals surface area contributed by atoms with Crippen LogP contribution in [0.1, 0.15) is 22.0 Å². The Balaban J connectivity index is 2.01. The number of ether oxygens (including phenoxy) is 2. The predicted octanol–water partition coefficient (Wildman–Crippen LogP) is 1.61. The first-order valence-corrected chi connectivity index (χ1v) is 7.00. The lowest BCUT2D eigenvalue weighted by molar-refractivity contribution is 0.0827. The molecule has 0 saturated heterocycles. The van der Waals surface area contributed by atoms with Gasteiger partial charge in [0, 0.05) is 26.9 Å². The first-order valence-electron chi connectivity index (χ1n) is 6.06. The van der Waals surface area contributed by atoms with Gasteiger partial charge >= 0.3 is 0 Å². The van der Waals surface area contributed by atoms with Gasteiger partial charge in [-0.3, -0.25) is 9.48 Å². The SMILES string of the molecule is COc1nn(C)cc1C(=O)NC[C@H](OC)c1ccsc1. The number of nitrogens with one attached hydrogen (secondary N) is 1. The van der Waals surface area contributed by atoms with Crippen LogP contribution in [0.2, 0.25) is 0 Å². The molecule has 108 valence electrons. The van der Waals surface area contributed by atoms with Crippen molar-refractivity contribution >= 4 is 17.2 Å². The Morgan fingerprint density at radius 1 is 1.55 bits per heavy atom. The van der Waals surface area contributed by atoms with Gasteiger partial charge in [-0.15, -0.1) is 5.10 Å². The maximum atomic E-state index is 12.1. The standard InChI is InChI=1S/C13H17N3O3S/c1-16-7-10(13(15-16)19-3)12(17)14-6-11(18-2)9-4-5-20-8-9/h4-5,7-8,11H,6H2,1-3H3,(H,14,17)/t11-/m0/s1. The van der Waals surface area contributed by atoms with E-state index < -0.39 is 0 Å². The van der Waals surface area contributed by atoms with Crippen LogP contribution in [0, 0.1) is 0 Å². The molecule has 6 nitrogen and oxygen atoms in total. The summed E-state index contributed by atoms with van der Waals surface area (Å²) in [5.74, 6) is 0.0849. The van der Waals surface area contributed by atoms with E-state index in [-0.39, 0.29) is 12.0 Å². The van der Waals surface area contributed by atoms with E-state index in [1.807, 2.05) is 16.8 Å². The average molecular weight is 295 g/mol. The van der Waals surface area contributed by atoms with E-state index in [9.17, 15) is 4.79 Å². The Morgan fingerprint density at radius 2 is 2.35 bits per heavy atom. The number of nitrogens with zero attached hydrogens (tertiary/aromatic N) is 2. The van der Waals surface area contributed by atoms with Gasteiger partial charge < -0.3 is 14.8 Å². The van der Waals surface area contributed by atoms with E-state index >= 15 is 0 Å². The molecule has 0 radical (unpaired) electrons. The minimum absolute atomic E-state index is 0.159. The van der Waals surface area contributed by atoms with E-state index in [0.717, 1.165) is 5.56 Å². The van der Waals surface area contributed by atoms with Gasteiger partial charge in [-0.25, -0.2) is 0 Å². The molecule has 1 atom stereocenters. The van der Waals surface area contributed by atoms with Crippen molar-refractivity contribution < 1.29 is 14.3 Å². The van der Waals surface area contributed by atoms with Crippen LogP contribution in [0.5, 0.6) is 5.88 Å². The molecule has 0 unspecified atom stereocenters. The van der Waals surface area contributed by atoms with Gasteiger partial charge in [0.05, 0.1) is 7.11 Å². The van der Waals surface area contributed by atoms with Crippen molar-refractivity contribution in [1.82, 2.24) is 15.1 Å². The van der Waals surface area contributed by atoms with Crippen LogP contribution < -0.4 is 10.1 Å². The molecule has 1 N–H and O–H groups in total. The number of hydrogen-bond acceptors (Lipinski definition) is 5. The molecule has 2 heterocycles. The van der Waals surface area contributed by atoms with Gasteiger partial charge in [-0.05, 0) is 22.4 Å². The van der Waals surface area contributed by atoms with Crippen molar-refractivity contribution in [3.63, 3.8) is 0 Å². The summed E-state index contributed by atoms with van der Waals surface area (Å²) in [6, 6.07) is 1.98. The first kappa shape index (κ1) is 14.5. The van der Waals surface area contributed by atoms with Crippen molar-refractivity contribution in [3.05, 3.63) is 34.2 Å². The molecular weight excluding hydrogens is 278 g/mol. The third kappa shape index (κ3) is 3.17. The number of carbonyl (C=O) groups excluding carboxylic acids is 1. The zero-order chi connectivity index (χ0) is 14.5. The Labute approximate surface area is 121 Å². The molecule has 2 aromatic heterocycles. The van der Waals surface area contributed by atoms with E-state index in [0.29, 0.717) is 18.0 Å². The van der Waals surface area contributed by atoms with Crippen LogP contribution in [0.25, 0.3) is 0 Å². The second-order valence-corrected chi connectivity index (χ2v) is 5.00. The maximum Gasteiger partial charge on any atom is 0.258 e. The summed E-state index contributed by atoms with van der Waals surface area (Å²) >= 11 is 1.60. The molecule has 0 aliphatic rings. The highest BCUT2D eigenvalue weighted by atomic mass is 32.1. The van der Waals surface area contributed by atoms with Crippen LogP contribution in [0.3, 0.4) is 0 Å². The predicted molar refractivity (Wildman–Crippen MR) is 76.2 cm³/mol. The van der Waals surface area contributed by atoms with E-state index in [4.69, 9.17) is 9.47 Å². The molecule has 2 rings (SSSR count). The lowest BCUT2D eigenvalue weighted by Crippen LogP contribution is -2.29. The van der Waals surface area contributed by atoms with E-state index in [1.165, 1.54) is 7.11 Å². The molecule has 0 aromatic carbocycles. The summed E-state index contributed by atoms with van der Waals surface area (Å²) in [5.41, 5.74) is 1.46. The summed E-state index contributed by atoms with van der Waals surface area (Å²) in [6.45, 7) is 0.393. The quantitative estimate of drug-likeness (QED) is 0.879. The first-order chi connectivity index (χ1) is 9.65. The molecular formula is C13H17N3O3S. The number of carbonyl (C=O) groups is 1. The fraction of sp³-hybridized carbons (Fsp3) is 0.385. The Hall–Kier alpha value is -1.86. The van der Waals surface area contributed by atoms with Crippen molar-refractivity contribution in [2.24, 2.45) is 7.05 Å². The number of aryl methyl sites for hydroxylation is 1. The van der Waals surface area contributed by atoms with Gasteiger partial charge in [0.25, 0.3) is 5.91 Å². The van der Waals surface area contributed by atoms with E-state index in [2.05, 4.69) is 10.4 Å². The molecule has 2 aromatic rings. The molecule has 0 fully saturated rings. The van der Waals surface area contributed by atoms with Crippen LogP contribution in [0.15, 0.2) is 23.0 Å². The fourth-order valence-corrected chi connectivity index (χ4v) is 2.55. The maximum absolute atomic E-state index is 12.1. The highest BCUT2D eigenvalue weighted by Crippen LogP contribution is 2.19. The smallest absolute Gasteiger partial charge is 0.258 e. The summed E-state index contributed by atoms with van der Waals surface area (Å²) in [5, 5.41) is 10.9. The Bertz CT molecular complexity index is 565. The molecule has 0 aliphatic carbocycles. The molecule has 0 aliphatic heterocycles.